The van der Waals surface area contributed by atoms with E-state index in [1.54, 1.807) is 6.92 Å². The summed E-state index contributed by atoms with van der Waals surface area (Å²) in [5.74, 6) is 0.488. The van der Waals surface area contributed by atoms with Crippen LogP contribution in [0.3, 0.4) is 0 Å². The molecule has 15 heavy (non-hydrogen) atoms. The predicted molar refractivity (Wildman–Crippen MR) is 63.5 cm³/mol. The topological polar surface area (TPSA) is 51.2 Å². The smallest absolute Gasteiger partial charge is 0.406 e. The molecule has 6 heteroatoms. The van der Waals surface area contributed by atoms with Crippen LogP contribution in [-0.4, -0.2) is 16.0 Å². The van der Waals surface area contributed by atoms with Crippen LogP contribution < -0.4 is 10.1 Å². The van der Waals surface area contributed by atoms with Gasteiger partial charge >= 0.3 is 6.09 Å². The average Bonchev–Trinajstić information content (AvgIpc) is 2.32. The molecule has 1 heterocycles. The van der Waals surface area contributed by atoms with Gasteiger partial charge in [0.1, 0.15) is 3.79 Å². The summed E-state index contributed by atoms with van der Waals surface area (Å²) < 4.78 is 9.92. The summed E-state index contributed by atoms with van der Waals surface area (Å²) in [5.41, 5.74) is 0.400. The molecule has 84 valence electrons. The minimum absolute atomic E-state index is 0.305. The number of amides is 1. The van der Waals surface area contributed by atoms with Crippen LogP contribution in [-0.2, 0) is 0 Å². The number of nitrogens with zero attached hydrogens (tertiary/aromatic N) is 1. The number of hydrogen-bond donors (Lipinski definition) is 1. The van der Waals surface area contributed by atoms with Crippen molar-refractivity contribution in [3.8, 4) is 5.75 Å². The molecule has 4 nitrogen and oxygen atoms in total. The van der Waals surface area contributed by atoms with Crippen LogP contribution in [0.4, 0.5) is 4.79 Å². The summed E-state index contributed by atoms with van der Waals surface area (Å²) >= 11 is 4.53. The van der Waals surface area contributed by atoms with Crippen LogP contribution in [0.5, 0.6) is 5.75 Å². The molecule has 0 radical (unpaired) electrons. The quantitative estimate of drug-likeness (QED) is 0.865. The van der Waals surface area contributed by atoms with Crippen molar-refractivity contribution in [3.05, 3.63) is 9.48 Å². The minimum atomic E-state index is -0.466. The lowest BCUT2D eigenvalue weighted by Gasteiger charge is -2.19. The van der Waals surface area contributed by atoms with E-state index in [4.69, 9.17) is 4.74 Å². The zero-order valence-electron chi connectivity index (χ0n) is 9.05. The van der Waals surface area contributed by atoms with Crippen LogP contribution in [0.2, 0.25) is 0 Å². The van der Waals surface area contributed by atoms with Gasteiger partial charge in [-0.25, -0.2) is 4.79 Å². The Labute approximate surface area is 101 Å². The minimum Gasteiger partial charge on any atom is -0.406 e. The van der Waals surface area contributed by atoms with E-state index in [0.29, 0.717) is 11.4 Å². The fraction of sp³-hybridized carbons (Fsp3) is 0.556. The second kappa shape index (κ2) is 4.49. The Hall–Kier alpha value is -0.620. The van der Waals surface area contributed by atoms with E-state index in [2.05, 4.69) is 25.6 Å². The van der Waals surface area contributed by atoms with Crippen molar-refractivity contribution in [3.63, 3.8) is 0 Å². The largest absolute Gasteiger partial charge is 0.413 e. The summed E-state index contributed by atoms with van der Waals surface area (Å²) in [6.45, 7) is 7.47. The molecule has 1 N–H and O–H groups in total. The number of aromatic nitrogens is 1. The van der Waals surface area contributed by atoms with Gasteiger partial charge in [-0.2, -0.15) is 4.37 Å². The molecule has 1 amide bonds. The van der Waals surface area contributed by atoms with Gasteiger partial charge in [-0.3, -0.25) is 0 Å². The molecule has 0 fully saturated rings. The zero-order valence-corrected chi connectivity index (χ0v) is 11.5. The van der Waals surface area contributed by atoms with Gasteiger partial charge in [0.15, 0.2) is 5.75 Å². The van der Waals surface area contributed by atoms with Gasteiger partial charge in [0.05, 0.1) is 5.69 Å². The van der Waals surface area contributed by atoms with Gasteiger partial charge in [-0.15, -0.1) is 0 Å². The number of rotatable bonds is 1. The molecular formula is C9H13BrN2O2S. The van der Waals surface area contributed by atoms with Gasteiger partial charge in [0, 0.05) is 5.54 Å². The van der Waals surface area contributed by atoms with Crippen molar-refractivity contribution < 1.29 is 9.53 Å². The highest BCUT2D eigenvalue weighted by atomic mass is 79.9. The van der Waals surface area contributed by atoms with Crippen LogP contribution in [0, 0.1) is 6.92 Å². The van der Waals surface area contributed by atoms with Gasteiger partial charge in [-0.05, 0) is 55.2 Å². The third-order valence-corrected chi connectivity index (χ3v) is 2.95. The maximum absolute atomic E-state index is 11.5. The van der Waals surface area contributed by atoms with Gasteiger partial charge < -0.3 is 10.1 Å². The summed E-state index contributed by atoms with van der Waals surface area (Å²) in [4.78, 5) is 11.5. The maximum atomic E-state index is 11.5. The lowest BCUT2D eigenvalue weighted by molar-refractivity contribution is 0.190. The SMILES string of the molecule is Cc1nsc(Br)c1OC(=O)NC(C)(C)C. The van der Waals surface area contributed by atoms with Crippen molar-refractivity contribution in [2.24, 2.45) is 0 Å². The summed E-state index contributed by atoms with van der Waals surface area (Å²) in [5, 5.41) is 2.71. The first-order valence-corrected chi connectivity index (χ1v) is 5.98. The van der Waals surface area contributed by atoms with Crippen molar-refractivity contribution >= 4 is 33.6 Å². The molecule has 0 unspecified atom stereocenters. The third-order valence-electron chi connectivity index (χ3n) is 1.44. The highest BCUT2D eigenvalue weighted by Crippen LogP contribution is 2.32. The molecule has 0 saturated carbocycles. The van der Waals surface area contributed by atoms with Crippen molar-refractivity contribution in [1.82, 2.24) is 9.69 Å². The molecule has 0 aromatic carbocycles. The van der Waals surface area contributed by atoms with Gasteiger partial charge in [0.25, 0.3) is 0 Å². The summed E-state index contributed by atoms with van der Waals surface area (Å²) in [6, 6.07) is 0. The number of halogens is 1. The van der Waals surface area contributed by atoms with Crippen molar-refractivity contribution in [2.45, 2.75) is 33.2 Å². The molecule has 1 aromatic rings. The second-order valence-electron chi connectivity index (χ2n) is 4.14. The first-order chi connectivity index (χ1) is 6.79. The molecule has 0 aliphatic heterocycles. The maximum Gasteiger partial charge on any atom is 0.413 e. The van der Waals surface area contributed by atoms with E-state index < -0.39 is 6.09 Å². The van der Waals surface area contributed by atoms with E-state index in [0.717, 1.165) is 3.79 Å². The lowest BCUT2D eigenvalue weighted by Crippen LogP contribution is -2.42. The molecule has 1 rings (SSSR count). The van der Waals surface area contributed by atoms with Crippen LogP contribution in [0.15, 0.2) is 3.79 Å². The first-order valence-electron chi connectivity index (χ1n) is 4.41. The highest BCUT2D eigenvalue weighted by Gasteiger charge is 2.18. The lowest BCUT2D eigenvalue weighted by atomic mass is 10.1. The Morgan fingerprint density at radius 2 is 2.13 bits per heavy atom. The third kappa shape index (κ3) is 3.79. The Bertz CT molecular complexity index is 351. The van der Waals surface area contributed by atoms with E-state index in [9.17, 15) is 4.79 Å². The van der Waals surface area contributed by atoms with Crippen molar-refractivity contribution in [1.29, 1.82) is 0 Å². The second-order valence-corrected chi connectivity index (χ2v) is 6.23. The molecule has 0 saturated heterocycles. The molecule has 0 bridgehead atoms. The highest BCUT2D eigenvalue weighted by molar-refractivity contribution is 9.11. The molecular weight excluding hydrogens is 280 g/mol. The number of carbonyl (C=O) groups is 1. The molecule has 0 atom stereocenters. The Balaban J connectivity index is 2.67. The molecule has 0 aliphatic carbocycles. The monoisotopic (exact) mass is 292 g/mol. The number of hydrogen-bond acceptors (Lipinski definition) is 4. The first kappa shape index (κ1) is 12.4. The molecule has 0 aliphatic rings. The summed E-state index contributed by atoms with van der Waals surface area (Å²) in [7, 11) is 0. The van der Waals surface area contributed by atoms with Gasteiger partial charge in [0.2, 0.25) is 0 Å². The number of ether oxygens (including phenoxy) is 1. The average molecular weight is 293 g/mol. The van der Waals surface area contributed by atoms with Crippen LogP contribution in [0.25, 0.3) is 0 Å². The number of nitrogens with one attached hydrogen (secondary N) is 1. The normalized spacial score (nSPS) is 11.3. The number of carbonyl (C=O) groups excluding carboxylic acids is 1. The fourth-order valence-electron chi connectivity index (χ4n) is 0.872. The van der Waals surface area contributed by atoms with E-state index >= 15 is 0 Å². The fourth-order valence-corrected chi connectivity index (χ4v) is 2.03. The number of aryl methyl sites for hydroxylation is 1. The Morgan fingerprint density at radius 1 is 1.53 bits per heavy atom. The van der Waals surface area contributed by atoms with E-state index in [-0.39, 0.29) is 5.54 Å². The zero-order chi connectivity index (χ0) is 11.6. The Morgan fingerprint density at radius 3 is 2.53 bits per heavy atom. The van der Waals surface area contributed by atoms with Gasteiger partial charge in [-0.1, -0.05) is 0 Å². The predicted octanol–water partition coefficient (Wildman–Crippen LogP) is 3.10. The van der Waals surface area contributed by atoms with Crippen LogP contribution in [0.1, 0.15) is 26.5 Å². The molecule has 1 aromatic heterocycles. The van der Waals surface area contributed by atoms with E-state index in [1.807, 2.05) is 20.8 Å². The van der Waals surface area contributed by atoms with E-state index in [1.165, 1.54) is 11.5 Å². The molecule has 0 spiro atoms. The Kier molecular flexibility index (Phi) is 3.72. The van der Waals surface area contributed by atoms with Crippen LogP contribution >= 0.6 is 27.5 Å². The summed E-state index contributed by atoms with van der Waals surface area (Å²) in [6.07, 6.45) is -0.466. The standard InChI is InChI=1S/C9H13BrN2O2S/c1-5-6(7(10)15-12-5)14-8(13)11-9(2,3)4/h1-4H3,(H,11,13). The van der Waals surface area contributed by atoms with Crippen molar-refractivity contribution in [2.75, 3.05) is 0 Å².